The molecule has 4 nitrogen and oxygen atoms in total. The second kappa shape index (κ2) is 7.23. The number of fused-ring (bicyclic) bond motifs is 1. The highest BCUT2D eigenvalue weighted by molar-refractivity contribution is 7.22. The number of aromatic nitrogens is 1. The molecule has 1 amide bonds. The quantitative estimate of drug-likeness (QED) is 0.669. The summed E-state index contributed by atoms with van der Waals surface area (Å²) in [6.45, 7) is 8.55. The zero-order valence-electron chi connectivity index (χ0n) is 15.0. The Hall–Kier alpha value is -2.40. The van der Waals surface area contributed by atoms with Crippen molar-refractivity contribution in [2.75, 3.05) is 18.1 Å². The molecule has 0 fully saturated rings. The van der Waals surface area contributed by atoms with Crippen LogP contribution < -0.4 is 9.64 Å². The number of anilines is 1. The molecule has 3 aromatic rings. The van der Waals surface area contributed by atoms with Gasteiger partial charge in [-0.05, 0) is 56.5 Å². The summed E-state index contributed by atoms with van der Waals surface area (Å²) in [6.07, 6.45) is 0. The Morgan fingerprint density at radius 1 is 1.16 bits per heavy atom. The molecule has 3 rings (SSSR count). The van der Waals surface area contributed by atoms with Gasteiger partial charge in [-0.1, -0.05) is 35.6 Å². The van der Waals surface area contributed by atoms with Crippen LogP contribution in [0.4, 0.5) is 5.13 Å². The summed E-state index contributed by atoms with van der Waals surface area (Å²) >= 11 is 1.54. The SMILES string of the molecule is CCN(C(=O)COc1cc(C)ccc1C)c1nc2c(C)cccc2s1. The molecule has 0 spiro atoms. The number of ether oxygens (including phenoxy) is 1. The zero-order chi connectivity index (χ0) is 18.0. The third-order valence-electron chi connectivity index (χ3n) is 4.15. The number of likely N-dealkylation sites (N-methyl/N-ethyl adjacent to an activating group) is 1. The van der Waals surface area contributed by atoms with Crippen LogP contribution in [0.2, 0.25) is 0 Å². The molecule has 0 N–H and O–H groups in total. The average Bonchev–Trinajstić information content (AvgIpc) is 3.01. The minimum Gasteiger partial charge on any atom is -0.483 e. The van der Waals surface area contributed by atoms with Gasteiger partial charge in [0.15, 0.2) is 11.7 Å². The normalized spacial score (nSPS) is 10.9. The van der Waals surface area contributed by atoms with Crippen LogP contribution in [-0.4, -0.2) is 24.0 Å². The average molecular weight is 354 g/mol. The molecule has 5 heteroatoms. The maximum absolute atomic E-state index is 12.7. The molecule has 130 valence electrons. The molecular formula is C20H22N2O2S. The third-order valence-corrected chi connectivity index (χ3v) is 5.20. The number of carbonyl (C=O) groups excluding carboxylic acids is 1. The lowest BCUT2D eigenvalue weighted by Gasteiger charge is -2.18. The van der Waals surface area contributed by atoms with Gasteiger partial charge in [-0.3, -0.25) is 9.69 Å². The van der Waals surface area contributed by atoms with E-state index in [0.29, 0.717) is 6.54 Å². The summed E-state index contributed by atoms with van der Waals surface area (Å²) in [5.41, 5.74) is 4.22. The number of hydrogen-bond donors (Lipinski definition) is 0. The van der Waals surface area contributed by atoms with E-state index in [9.17, 15) is 4.79 Å². The fraction of sp³-hybridized carbons (Fsp3) is 0.300. The van der Waals surface area contributed by atoms with Gasteiger partial charge in [-0.2, -0.15) is 0 Å². The lowest BCUT2D eigenvalue weighted by Crippen LogP contribution is -2.34. The minimum absolute atomic E-state index is 0.00698. The lowest BCUT2D eigenvalue weighted by molar-refractivity contribution is -0.120. The Morgan fingerprint density at radius 2 is 1.96 bits per heavy atom. The number of thiazole rings is 1. The summed E-state index contributed by atoms with van der Waals surface area (Å²) < 4.78 is 6.86. The van der Waals surface area contributed by atoms with E-state index in [1.165, 1.54) is 11.3 Å². The van der Waals surface area contributed by atoms with Crippen LogP contribution in [0.5, 0.6) is 5.75 Å². The highest BCUT2D eigenvalue weighted by atomic mass is 32.1. The third kappa shape index (κ3) is 3.66. The molecule has 0 saturated carbocycles. The molecule has 0 unspecified atom stereocenters. The molecule has 0 bridgehead atoms. The molecule has 0 saturated heterocycles. The first-order valence-electron chi connectivity index (χ1n) is 8.36. The Bertz CT molecular complexity index is 917. The monoisotopic (exact) mass is 354 g/mol. The van der Waals surface area contributed by atoms with E-state index in [0.717, 1.165) is 37.8 Å². The van der Waals surface area contributed by atoms with Crippen LogP contribution in [0.3, 0.4) is 0 Å². The van der Waals surface area contributed by atoms with Crippen molar-refractivity contribution in [3.05, 3.63) is 53.1 Å². The number of para-hydroxylation sites is 1. The molecule has 0 aliphatic rings. The van der Waals surface area contributed by atoms with Crippen molar-refractivity contribution in [3.8, 4) is 5.75 Å². The molecule has 2 aromatic carbocycles. The molecule has 0 radical (unpaired) electrons. The maximum Gasteiger partial charge on any atom is 0.266 e. The molecule has 1 aromatic heterocycles. The van der Waals surface area contributed by atoms with Gasteiger partial charge in [0.1, 0.15) is 5.75 Å². The first kappa shape index (κ1) is 17.4. The summed E-state index contributed by atoms with van der Waals surface area (Å²) in [7, 11) is 0. The molecular weight excluding hydrogens is 332 g/mol. The van der Waals surface area contributed by atoms with Gasteiger partial charge in [0.2, 0.25) is 0 Å². The summed E-state index contributed by atoms with van der Waals surface area (Å²) in [4.78, 5) is 19.0. The summed E-state index contributed by atoms with van der Waals surface area (Å²) in [6, 6.07) is 12.1. The summed E-state index contributed by atoms with van der Waals surface area (Å²) in [5.74, 6) is 0.671. The number of carbonyl (C=O) groups is 1. The van der Waals surface area contributed by atoms with Crippen LogP contribution >= 0.6 is 11.3 Å². The highest BCUT2D eigenvalue weighted by Crippen LogP contribution is 2.30. The van der Waals surface area contributed by atoms with Crippen molar-refractivity contribution in [2.45, 2.75) is 27.7 Å². The van der Waals surface area contributed by atoms with Crippen molar-refractivity contribution in [1.29, 1.82) is 0 Å². The van der Waals surface area contributed by atoms with E-state index in [2.05, 4.69) is 4.98 Å². The van der Waals surface area contributed by atoms with E-state index in [-0.39, 0.29) is 12.5 Å². The first-order valence-corrected chi connectivity index (χ1v) is 9.18. The van der Waals surface area contributed by atoms with E-state index in [4.69, 9.17) is 4.74 Å². The van der Waals surface area contributed by atoms with Gasteiger partial charge in [0, 0.05) is 6.54 Å². The number of aryl methyl sites for hydroxylation is 3. The number of amides is 1. The molecule has 1 heterocycles. The van der Waals surface area contributed by atoms with E-state index >= 15 is 0 Å². The second-order valence-corrected chi connectivity index (χ2v) is 7.12. The van der Waals surface area contributed by atoms with E-state index in [1.807, 2.05) is 64.1 Å². The topological polar surface area (TPSA) is 42.4 Å². The van der Waals surface area contributed by atoms with Crippen LogP contribution in [-0.2, 0) is 4.79 Å². The Balaban J connectivity index is 1.78. The Labute approximate surface area is 152 Å². The number of hydrogen-bond acceptors (Lipinski definition) is 4. The zero-order valence-corrected chi connectivity index (χ0v) is 15.8. The van der Waals surface area contributed by atoms with Gasteiger partial charge in [0.25, 0.3) is 5.91 Å². The largest absolute Gasteiger partial charge is 0.483 e. The van der Waals surface area contributed by atoms with Gasteiger partial charge < -0.3 is 4.74 Å². The van der Waals surface area contributed by atoms with Crippen molar-refractivity contribution < 1.29 is 9.53 Å². The van der Waals surface area contributed by atoms with Gasteiger partial charge >= 0.3 is 0 Å². The minimum atomic E-state index is -0.0832. The van der Waals surface area contributed by atoms with Gasteiger partial charge in [0.05, 0.1) is 10.2 Å². The van der Waals surface area contributed by atoms with E-state index in [1.54, 1.807) is 4.90 Å². The van der Waals surface area contributed by atoms with Crippen LogP contribution in [0.15, 0.2) is 36.4 Å². The van der Waals surface area contributed by atoms with Crippen molar-refractivity contribution in [3.63, 3.8) is 0 Å². The first-order chi connectivity index (χ1) is 12.0. The fourth-order valence-corrected chi connectivity index (χ4v) is 3.81. The Morgan fingerprint density at radius 3 is 2.68 bits per heavy atom. The van der Waals surface area contributed by atoms with Crippen molar-refractivity contribution in [2.24, 2.45) is 0 Å². The van der Waals surface area contributed by atoms with E-state index < -0.39 is 0 Å². The second-order valence-electron chi connectivity index (χ2n) is 6.11. The molecule has 0 aliphatic carbocycles. The van der Waals surface area contributed by atoms with Crippen LogP contribution in [0.1, 0.15) is 23.6 Å². The smallest absolute Gasteiger partial charge is 0.266 e. The van der Waals surface area contributed by atoms with Crippen LogP contribution in [0, 0.1) is 20.8 Å². The van der Waals surface area contributed by atoms with Crippen molar-refractivity contribution in [1.82, 2.24) is 4.98 Å². The maximum atomic E-state index is 12.7. The molecule has 0 atom stereocenters. The number of nitrogens with zero attached hydrogens (tertiary/aromatic N) is 2. The van der Waals surface area contributed by atoms with Crippen LogP contribution in [0.25, 0.3) is 10.2 Å². The fourth-order valence-electron chi connectivity index (χ4n) is 2.69. The van der Waals surface area contributed by atoms with Gasteiger partial charge in [-0.25, -0.2) is 4.98 Å². The molecule has 0 aliphatic heterocycles. The summed E-state index contributed by atoms with van der Waals surface area (Å²) in [5, 5.41) is 0.723. The Kier molecular flexibility index (Phi) is 5.04. The lowest BCUT2D eigenvalue weighted by atomic mass is 10.1. The van der Waals surface area contributed by atoms with Crippen molar-refractivity contribution >= 4 is 32.6 Å². The highest BCUT2D eigenvalue weighted by Gasteiger charge is 2.19. The predicted molar refractivity (Wildman–Crippen MR) is 104 cm³/mol. The standard InChI is InChI=1S/C20H22N2O2S/c1-5-22(20-21-19-15(4)7-6-8-17(19)25-20)18(23)12-24-16-11-13(2)9-10-14(16)3/h6-11H,5,12H2,1-4H3. The molecule has 25 heavy (non-hydrogen) atoms. The van der Waals surface area contributed by atoms with Gasteiger partial charge in [-0.15, -0.1) is 0 Å². The number of rotatable bonds is 5. The predicted octanol–water partition coefficient (Wildman–Crippen LogP) is 4.65. The number of benzene rings is 2.